The zero-order chi connectivity index (χ0) is 13.9. The SMILES string of the molecule is CC(C)(C)[NH-].[CH3-].[CH3-].[Cl-].[Cl-].[Si].[Ti+2].c1ccc2c(N3CCCC3)c[cH-]c2c1. The van der Waals surface area contributed by atoms with Crippen LogP contribution in [0.5, 0.6) is 0 Å². The maximum Gasteiger partial charge on any atom is 2.00 e. The number of hydrogen-bond acceptors (Lipinski definition) is 1. The topological polar surface area (TPSA) is 27.0 Å². The predicted molar refractivity (Wildman–Crippen MR) is 104 cm³/mol. The third kappa shape index (κ3) is 12.2. The van der Waals surface area contributed by atoms with Crippen molar-refractivity contribution in [2.45, 2.75) is 39.2 Å². The van der Waals surface area contributed by atoms with Gasteiger partial charge in [-0.1, -0.05) is 32.5 Å². The quantitative estimate of drug-likeness (QED) is 0.441. The van der Waals surface area contributed by atoms with Crippen molar-refractivity contribution in [1.82, 2.24) is 0 Å². The Morgan fingerprint density at radius 3 is 1.92 bits per heavy atom. The molecule has 1 fully saturated rings. The molecule has 1 saturated heterocycles. The number of halogens is 2. The van der Waals surface area contributed by atoms with Crippen LogP contribution in [0.1, 0.15) is 33.6 Å². The van der Waals surface area contributed by atoms with Crippen LogP contribution in [-0.4, -0.2) is 29.6 Å². The standard InChI is InChI=1S/C13H14N.C4H10N.2CH3.2ClH.Si.Ti/c1-2-6-12-11(5-1)7-8-13(12)14-9-3-4-10-14;1-4(2,3)5;;;;;;/h1-2,5-8H,3-4,9-10H2;5H,1-3H3;2*1H3;2*1H;;/q4*-1;;;;+2/p-2. The molecule has 2 nitrogen and oxygen atoms in total. The van der Waals surface area contributed by atoms with Crippen molar-refractivity contribution < 1.29 is 46.5 Å². The molecule has 0 bridgehead atoms. The van der Waals surface area contributed by atoms with Gasteiger partial charge in [-0.05, 0) is 12.8 Å². The van der Waals surface area contributed by atoms with Crippen LogP contribution in [0.25, 0.3) is 16.5 Å². The van der Waals surface area contributed by atoms with Gasteiger partial charge in [-0.3, -0.25) is 0 Å². The smallest absolute Gasteiger partial charge is 1.00 e. The number of rotatable bonds is 1. The van der Waals surface area contributed by atoms with E-state index in [-0.39, 0.29) is 77.9 Å². The van der Waals surface area contributed by atoms with E-state index >= 15 is 0 Å². The van der Waals surface area contributed by atoms with Crippen LogP contribution in [-0.2, 0) is 21.7 Å². The number of nitrogens with zero attached hydrogens (tertiary/aromatic N) is 1. The summed E-state index contributed by atoms with van der Waals surface area (Å²) in [6.07, 6.45) is 2.69. The second kappa shape index (κ2) is 16.3. The Kier molecular flexibility index (Phi) is 23.5. The van der Waals surface area contributed by atoms with Gasteiger partial charge in [0.25, 0.3) is 0 Å². The second-order valence-corrected chi connectivity index (χ2v) is 6.25. The molecule has 1 N–H and O–H groups in total. The second-order valence-electron chi connectivity index (χ2n) is 6.25. The van der Waals surface area contributed by atoms with Crippen molar-refractivity contribution in [3.05, 3.63) is 57.0 Å². The van der Waals surface area contributed by atoms with Gasteiger partial charge >= 0.3 is 21.7 Å². The van der Waals surface area contributed by atoms with Crippen molar-refractivity contribution in [3.8, 4) is 0 Å². The largest absolute Gasteiger partial charge is 2.00 e. The summed E-state index contributed by atoms with van der Waals surface area (Å²) in [6.45, 7) is 8.02. The Morgan fingerprint density at radius 2 is 1.44 bits per heavy atom. The minimum atomic E-state index is -0.250. The van der Waals surface area contributed by atoms with Gasteiger partial charge in [0.2, 0.25) is 0 Å². The molecule has 142 valence electrons. The Bertz CT molecular complexity index is 529. The van der Waals surface area contributed by atoms with Crippen LogP contribution in [0.15, 0.2) is 36.4 Å². The molecule has 2 aromatic carbocycles. The van der Waals surface area contributed by atoms with Gasteiger partial charge in [0.15, 0.2) is 0 Å². The molecule has 0 unspecified atom stereocenters. The average molecular weight is 433 g/mol. The number of fused-ring (bicyclic) bond motifs is 1. The Labute approximate surface area is 187 Å². The predicted octanol–water partition coefficient (Wildman–Crippen LogP) is -0.479. The first-order valence-corrected chi connectivity index (χ1v) is 7.09. The Hall–Kier alpha value is 0.101. The van der Waals surface area contributed by atoms with E-state index in [0.29, 0.717) is 0 Å². The minimum absolute atomic E-state index is 0. The van der Waals surface area contributed by atoms with E-state index in [1.54, 1.807) is 0 Å². The summed E-state index contributed by atoms with van der Waals surface area (Å²) in [4.78, 5) is 2.50. The number of anilines is 1. The van der Waals surface area contributed by atoms with Crippen LogP contribution in [0.2, 0.25) is 0 Å². The molecule has 6 heteroatoms. The van der Waals surface area contributed by atoms with Gasteiger partial charge < -0.3 is 50.3 Å². The normalized spacial score (nSPS) is 11.8. The molecule has 0 aliphatic carbocycles. The van der Waals surface area contributed by atoms with Gasteiger partial charge in [0, 0.05) is 24.1 Å². The molecule has 4 radical (unpaired) electrons. The summed E-state index contributed by atoms with van der Waals surface area (Å²) in [5.41, 5.74) is 8.12. The first kappa shape index (κ1) is 36.1. The third-order valence-electron chi connectivity index (χ3n) is 3.10. The molecule has 0 atom stereocenters. The van der Waals surface area contributed by atoms with Crippen molar-refractivity contribution in [2.75, 3.05) is 18.0 Å². The molecular formula is C19H30Cl2N2SiTi-4. The van der Waals surface area contributed by atoms with E-state index in [1.807, 2.05) is 20.8 Å². The molecule has 0 amide bonds. The number of hydrogen-bond donors (Lipinski definition) is 0. The van der Waals surface area contributed by atoms with E-state index in [2.05, 4.69) is 41.3 Å². The van der Waals surface area contributed by atoms with E-state index in [1.165, 1.54) is 42.4 Å². The summed E-state index contributed by atoms with van der Waals surface area (Å²) in [6, 6.07) is 13.1. The van der Waals surface area contributed by atoms with Gasteiger partial charge in [-0.25, -0.2) is 0 Å². The van der Waals surface area contributed by atoms with Crippen LogP contribution in [0.3, 0.4) is 0 Å². The summed E-state index contributed by atoms with van der Waals surface area (Å²) in [5, 5.41) is 2.78. The van der Waals surface area contributed by atoms with Crippen LogP contribution >= 0.6 is 0 Å². The molecular weight excluding hydrogens is 403 g/mol. The van der Waals surface area contributed by atoms with E-state index < -0.39 is 0 Å². The van der Waals surface area contributed by atoms with Crippen LogP contribution in [0.4, 0.5) is 5.69 Å². The fraction of sp³-hybridized carbons (Fsp3) is 0.421. The first-order valence-electron chi connectivity index (χ1n) is 7.09. The summed E-state index contributed by atoms with van der Waals surface area (Å²) in [5.74, 6) is 0. The minimum Gasteiger partial charge on any atom is -1.00 e. The molecule has 25 heavy (non-hydrogen) atoms. The van der Waals surface area contributed by atoms with E-state index in [9.17, 15) is 0 Å². The molecule has 2 aromatic rings. The molecule has 3 rings (SSSR count). The number of benzene rings is 1. The molecule has 0 aromatic heterocycles. The monoisotopic (exact) mass is 432 g/mol. The Morgan fingerprint density at radius 1 is 1.00 bits per heavy atom. The summed E-state index contributed by atoms with van der Waals surface area (Å²) in [7, 11) is 0. The van der Waals surface area contributed by atoms with Gasteiger partial charge in [-0.2, -0.15) is 0 Å². The molecule has 1 aliphatic rings. The van der Waals surface area contributed by atoms with Gasteiger partial charge in [-0.15, -0.1) is 46.6 Å². The molecule has 1 aliphatic heterocycles. The van der Waals surface area contributed by atoms with Crippen molar-refractivity contribution in [2.24, 2.45) is 0 Å². The van der Waals surface area contributed by atoms with Crippen molar-refractivity contribution >= 4 is 27.4 Å². The average Bonchev–Trinajstić information content (AvgIpc) is 2.95. The fourth-order valence-electron chi connectivity index (χ4n) is 2.37. The fourth-order valence-corrected chi connectivity index (χ4v) is 2.37. The van der Waals surface area contributed by atoms with Gasteiger partial charge in [0.1, 0.15) is 0 Å². The third-order valence-corrected chi connectivity index (χ3v) is 3.10. The molecule has 0 saturated carbocycles. The van der Waals surface area contributed by atoms with Crippen LogP contribution in [0, 0.1) is 14.9 Å². The summed E-state index contributed by atoms with van der Waals surface area (Å²) < 4.78 is 0. The van der Waals surface area contributed by atoms with Crippen LogP contribution < -0.4 is 29.7 Å². The van der Waals surface area contributed by atoms with E-state index in [4.69, 9.17) is 5.73 Å². The van der Waals surface area contributed by atoms with Crippen molar-refractivity contribution in [1.29, 1.82) is 0 Å². The zero-order valence-corrected chi connectivity index (χ0v) is 20.1. The first-order chi connectivity index (χ1) is 8.95. The Balaban J connectivity index is -0.000000110. The maximum atomic E-state index is 6.94. The maximum absolute atomic E-state index is 6.94. The molecule has 1 heterocycles. The number of nitrogens with one attached hydrogen (secondary N) is 1. The van der Waals surface area contributed by atoms with E-state index in [0.717, 1.165) is 0 Å². The summed E-state index contributed by atoms with van der Waals surface area (Å²) >= 11 is 0. The van der Waals surface area contributed by atoms with Gasteiger partial charge in [0.05, 0.1) is 0 Å². The van der Waals surface area contributed by atoms with Crippen molar-refractivity contribution in [3.63, 3.8) is 0 Å². The zero-order valence-electron chi connectivity index (χ0n) is 16.0. The molecule has 0 spiro atoms.